The zero-order chi connectivity index (χ0) is 68.0. The van der Waals surface area contributed by atoms with Crippen molar-refractivity contribution in [2.24, 2.45) is 0 Å². The summed E-state index contributed by atoms with van der Waals surface area (Å²) in [5, 5.41) is 1.99. The fourth-order valence-electron chi connectivity index (χ4n) is 12.1. The van der Waals surface area contributed by atoms with Gasteiger partial charge in [-0.1, -0.05) is 207 Å². The quantitative estimate of drug-likeness (QED) is 0.118. The van der Waals surface area contributed by atoms with E-state index < -0.39 is 31.8 Å². The number of benzene rings is 10. The summed E-state index contributed by atoms with van der Waals surface area (Å²) in [6.45, 7) is 14.0. The van der Waals surface area contributed by atoms with E-state index in [1.165, 1.54) is 18.2 Å². The number of ether oxygens (including phenoxy) is 1. The molecule has 5 nitrogen and oxygen atoms in total. The van der Waals surface area contributed by atoms with Crippen LogP contribution < -0.4 is 9.30 Å². The number of fused-ring (bicyclic) bond motifs is 10. The Labute approximate surface area is 536 Å². The molecule has 14 rings (SSSR count). The predicted molar refractivity (Wildman–Crippen MR) is 352 cm³/mol. The standard InChI is InChI=1S/C80H68N4O.Pt/c1-50-23-21-24-51(2)75(50)55-42-68(54-39-57(79(6,7)8)45-58(40-54)80(9,10)11)76-69(43-55)64-31-17-15-29-62(64)63-30-16-18-32-65(63)70-41-53(52-25-13-12-14-26-52)44-73-77(70)83(76)49-82(73)59-27-22-28-60(47-59)85-61-35-36-67-66-33-19-20-34-71(66)84(72(67)48-61)74-46-56(37-38-81-74)78(3,4)5;/h12-46H,1-11H3;/q-2;/i1D3,2D3,12D,13D,14D,25D,26D;. The van der Waals surface area contributed by atoms with Crippen LogP contribution in [0.3, 0.4) is 0 Å². The van der Waals surface area contributed by atoms with Crippen LogP contribution in [0.2, 0.25) is 0 Å². The molecule has 0 saturated carbocycles. The summed E-state index contributed by atoms with van der Waals surface area (Å²) in [5.74, 6) is 1.49. The number of aromatic nitrogens is 4. The van der Waals surface area contributed by atoms with Crippen LogP contribution in [-0.4, -0.2) is 14.1 Å². The average molecular weight is 1310 g/mol. The Morgan fingerprint density at radius 3 is 1.77 bits per heavy atom. The number of para-hydroxylation sites is 1. The molecule has 13 aromatic rings. The van der Waals surface area contributed by atoms with E-state index in [1.54, 1.807) is 0 Å². The topological polar surface area (TPSA) is 35.9 Å². The maximum atomic E-state index is 9.46. The first-order chi connectivity index (χ1) is 45.3. The van der Waals surface area contributed by atoms with Crippen molar-refractivity contribution in [2.45, 2.75) is 92.3 Å². The van der Waals surface area contributed by atoms with Crippen LogP contribution in [0, 0.1) is 32.2 Å². The largest absolute Gasteiger partial charge is 0.510 e. The van der Waals surface area contributed by atoms with Gasteiger partial charge in [-0.3, -0.25) is 4.57 Å². The molecule has 0 amide bonds. The summed E-state index contributed by atoms with van der Waals surface area (Å²) in [6.07, 6.45) is 5.69. The van der Waals surface area contributed by atoms with Crippen molar-refractivity contribution >= 4 is 32.8 Å². The van der Waals surface area contributed by atoms with E-state index in [0.29, 0.717) is 61.7 Å². The molecule has 0 fully saturated rings. The second-order valence-corrected chi connectivity index (χ2v) is 25.3. The monoisotopic (exact) mass is 1310 g/mol. The molecule has 0 spiro atoms. The van der Waals surface area contributed by atoms with Crippen LogP contribution in [0.5, 0.6) is 11.5 Å². The minimum absolute atomic E-state index is 0. The Balaban J connectivity index is 0.00000849. The Morgan fingerprint density at radius 1 is 0.488 bits per heavy atom. The van der Waals surface area contributed by atoms with E-state index in [9.17, 15) is 2.74 Å². The zero-order valence-electron chi connectivity index (χ0n) is 60.3. The fraction of sp³-hybridized carbons (Fsp3) is 0.175. The number of nitrogens with zero attached hydrogens (tertiary/aromatic N) is 4. The molecular formula is C80H68N4OPt-2. The summed E-state index contributed by atoms with van der Waals surface area (Å²) in [5.41, 5.74) is 12.5. The van der Waals surface area contributed by atoms with Gasteiger partial charge >= 0.3 is 0 Å². The SMILES string of the molecule is [2H]c1c([2H])c([2H])c(-c2cc3c4c(c2)n(-c2[c-]c(Oc5[c-]c6c(cc5)c5ccccc5n6-c5cc(C(C)(C)C)ccn5)ccc2)[c-][n+]4-c2c(-c4cc(C(C)(C)C)cc(C(C)(C)C)c4)cc(-c4c(C([2H])([2H])[2H])cccc4C([2H])([2H])[2H])cc2-c2ccccc2-c2ccccc2-3)c([2H])c1[2H].[Pt]. The molecule has 6 heteroatoms. The zero-order valence-corrected chi connectivity index (χ0v) is 51.6. The molecule has 3 aromatic heterocycles. The molecule has 1 aliphatic heterocycles. The second kappa shape index (κ2) is 21.3. The Morgan fingerprint density at radius 2 is 1.09 bits per heavy atom. The fourth-order valence-corrected chi connectivity index (χ4v) is 12.1. The van der Waals surface area contributed by atoms with Crippen molar-refractivity contribution in [1.29, 1.82) is 0 Å². The van der Waals surface area contributed by atoms with E-state index in [1.807, 2.05) is 137 Å². The van der Waals surface area contributed by atoms with Crippen molar-refractivity contribution in [1.82, 2.24) is 14.1 Å². The molecule has 86 heavy (non-hydrogen) atoms. The predicted octanol–water partition coefficient (Wildman–Crippen LogP) is 20.4. The molecule has 4 heterocycles. The van der Waals surface area contributed by atoms with E-state index in [2.05, 4.69) is 122 Å². The average Bonchev–Trinajstić information content (AvgIpc) is 1.63. The van der Waals surface area contributed by atoms with Gasteiger partial charge in [0.25, 0.3) is 6.33 Å². The smallest absolute Gasteiger partial charge is 0.268 e. The van der Waals surface area contributed by atoms with Gasteiger partial charge in [0.05, 0.1) is 23.6 Å². The molecule has 426 valence electrons. The van der Waals surface area contributed by atoms with E-state index >= 15 is 0 Å². The molecule has 1 aliphatic rings. The van der Waals surface area contributed by atoms with Gasteiger partial charge in [-0.25, -0.2) is 4.98 Å². The first kappa shape index (κ1) is 44.6. The summed E-state index contributed by atoms with van der Waals surface area (Å²) in [4.78, 5) is 4.89. The minimum atomic E-state index is -2.74. The molecule has 0 radical (unpaired) electrons. The third-order valence-corrected chi connectivity index (χ3v) is 16.5. The van der Waals surface area contributed by atoms with Crippen LogP contribution in [-0.2, 0) is 37.3 Å². The van der Waals surface area contributed by atoms with Gasteiger partial charge in [0, 0.05) is 52.5 Å². The third-order valence-electron chi connectivity index (χ3n) is 16.5. The van der Waals surface area contributed by atoms with Gasteiger partial charge < -0.3 is 13.9 Å². The van der Waals surface area contributed by atoms with Gasteiger partial charge in [0.1, 0.15) is 5.82 Å². The summed E-state index contributed by atoms with van der Waals surface area (Å²) >= 11 is 0. The minimum Gasteiger partial charge on any atom is -0.510 e. The molecule has 10 aromatic carbocycles. The van der Waals surface area contributed by atoms with Gasteiger partial charge in [0.15, 0.2) is 0 Å². The maximum Gasteiger partial charge on any atom is 0.268 e. The van der Waals surface area contributed by atoms with E-state index in [4.69, 9.17) is 22.1 Å². The van der Waals surface area contributed by atoms with Crippen LogP contribution in [0.25, 0.3) is 117 Å². The second-order valence-electron chi connectivity index (χ2n) is 25.3. The Bertz CT molecular complexity index is 5300. The van der Waals surface area contributed by atoms with Crippen molar-refractivity contribution < 1.29 is 45.4 Å². The molecule has 0 saturated heterocycles. The van der Waals surface area contributed by atoms with Crippen molar-refractivity contribution in [3.05, 3.63) is 259 Å². The normalized spacial score (nSPS) is 14.4. The van der Waals surface area contributed by atoms with Gasteiger partial charge in [-0.05, 0) is 172 Å². The van der Waals surface area contributed by atoms with E-state index in [-0.39, 0.29) is 71.6 Å². The van der Waals surface area contributed by atoms with Gasteiger partial charge in [-0.2, -0.15) is 18.2 Å². The summed E-state index contributed by atoms with van der Waals surface area (Å²) in [7, 11) is 0. The summed E-state index contributed by atoms with van der Waals surface area (Å²) < 4.78 is 112. The third kappa shape index (κ3) is 9.81. The van der Waals surface area contributed by atoms with Crippen molar-refractivity contribution in [3.63, 3.8) is 0 Å². The van der Waals surface area contributed by atoms with Crippen LogP contribution >= 0.6 is 0 Å². The Kier molecular flexibility index (Phi) is 11.0. The molecule has 0 N–H and O–H groups in total. The number of hydrogen-bond donors (Lipinski definition) is 0. The number of imidazole rings is 1. The molecule has 0 bridgehead atoms. The summed E-state index contributed by atoms with van der Waals surface area (Å²) in [6, 6.07) is 61.3. The number of pyridine rings is 1. The van der Waals surface area contributed by atoms with Crippen molar-refractivity contribution in [2.75, 3.05) is 0 Å². The number of rotatable bonds is 7. The van der Waals surface area contributed by atoms with Crippen LogP contribution in [0.1, 0.15) is 105 Å². The Hall–Kier alpha value is -8.89. The maximum absolute atomic E-state index is 9.46. The van der Waals surface area contributed by atoms with Gasteiger partial charge in [0.2, 0.25) is 0 Å². The number of aryl methyl sites for hydroxylation is 2. The number of hydrogen-bond acceptors (Lipinski definition) is 2. The van der Waals surface area contributed by atoms with Crippen LogP contribution in [0.4, 0.5) is 0 Å². The molecular weight excluding hydrogens is 1230 g/mol. The van der Waals surface area contributed by atoms with Crippen LogP contribution in [0.15, 0.2) is 212 Å². The first-order valence-electron chi connectivity index (χ1n) is 34.3. The van der Waals surface area contributed by atoms with Gasteiger partial charge in [-0.15, -0.1) is 29.7 Å². The molecule has 0 unspecified atom stereocenters. The van der Waals surface area contributed by atoms with Crippen molar-refractivity contribution in [3.8, 4) is 95.5 Å². The molecule has 0 atom stereocenters. The van der Waals surface area contributed by atoms with E-state index in [0.717, 1.165) is 72.1 Å². The molecule has 0 aliphatic carbocycles. The first-order valence-corrected chi connectivity index (χ1v) is 28.8.